The van der Waals surface area contributed by atoms with Crippen molar-refractivity contribution in [2.75, 3.05) is 27.3 Å². The summed E-state index contributed by atoms with van der Waals surface area (Å²) < 4.78 is 10.1. The van der Waals surface area contributed by atoms with E-state index in [1.807, 2.05) is 24.3 Å². The van der Waals surface area contributed by atoms with E-state index in [2.05, 4.69) is 5.32 Å². The van der Waals surface area contributed by atoms with Gasteiger partial charge in [0, 0.05) is 33.5 Å². The van der Waals surface area contributed by atoms with Gasteiger partial charge in [-0.2, -0.15) is 0 Å². The highest BCUT2D eigenvalue weighted by atomic mass is 16.5. The van der Waals surface area contributed by atoms with Crippen LogP contribution < -0.4 is 10.1 Å². The lowest BCUT2D eigenvalue weighted by Crippen LogP contribution is -2.30. The molecule has 0 radical (unpaired) electrons. The van der Waals surface area contributed by atoms with Gasteiger partial charge < -0.3 is 19.7 Å². The maximum Gasteiger partial charge on any atom is 0.306 e. The minimum Gasteiger partial charge on any atom is -0.497 e. The summed E-state index contributed by atoms with van der Waals surface area (Å²) in [6.45, 7) is 2.26. The summed E-state index contributed by atoms with van der Waals surface area (Å²) in [5.41, 5.74) is 0.965. The van der Waals surface area contributed by atoms with Crippen molar-refractivity contribution < 1.29 is 23.9 Å². The summed E-state index contributed by atoms with van der Waals surface area (Å²) in [5.74, 6) is 0.0750. The fourth-order valence-electron chi connectivity index (χ4n) is 2.25. The van der Waals surface area contributed by atoms with Crippen LogP contribution in [0.4, 0.5) is 0 Å². The number of nitrogens with zero attached hydrogens (tertiary/aromatic N) is 1. The van der Waals surface area contributed by atoms with E-state index in [0.717, 1.165) is 24.2 Å². The molecule has 0 aliphatic carbocycles. The number of rotatable bonds is 11. The molecule has 0 unspecified atom stereocenters. The fraction of sp³-hybridized carbons (Fsp3) is 0.526. The van der Waals surface area contributed by atoms with Crippen molar-refractivity contribution >= 4 is 17.8 Å². The molecule has 7 heteroatoms. The molecule has 1 aromatic rings. The van der Waals surface area contributed by atoms with Gasteiger partial charge in [-0.3, -0.25) is 14.4 Å². The molecular weight excluding hydrogens is 336 g/mol. The number of carbonyl (C=O) groups excluding carboxylic acids is 3. The van der Waals surface area contributed by atoms with Gasteiger partial charge in [0.25, 0.3) is 5.91 Å². The smallest absolute Gasteiger partial charge is 0.306 e. The van der Waals surface area contributed by atoms with Crippen LogP contribution in [0, 0.1) is 0 Å². The minimum atomic E-state index is -0.379. The molecule has 0 saturated heterocycles. The number of hydrogen-bond donors (Lipinski definition) is 1. The van der Waals surface area contributed by atoms with E-state index in [1.165, 1.54) is 11.8 Å². The average Bonchev–Trinajstić information content (AvgIpc) is 2.62. The minimum absolute atomic E-state index is 0.0540. The lowest BCUT2D eigenvalue weighted by atomic mass is 10.2. The molecule has 2 amide bonds. The fourth-order valence-corrected chi connectivity index (χ4v) is 2.25. The van der Waals surface area contributed by atoms with E-state index in [0.29, 0.717) is 19.5 Å². The van der Waals surface area contributed by atoms with Gasteiger partial charge in [0.15, 0.2) is 6.61 Å². The Morgan fingerprint density at radius 3 is 2.38 bits per heavy atom. The molecule has 0 aromatic heterocycles. The van der Waals surface area contributed by atoms with Crippen LogP contribution in [-0.2, 0) is 25.7 Å². The average molecular weight is 364 g/mol. The standard InChI is InChI=1S/C19H28N2O5/c1-15(22)20-12-6-4-5-7-19(24)26-14-18(23)21(2)13-16-8-10-17(25-3)11-9-16/h8-11H,4-7,12-14H2,1-3H3,(H,20,22). The quantitative estimate of drug-likeness (QED) is 0.479. The van der Waals surface area contributed by atoms with Crippen LogP contribution in [0.15, 0.2) is 24.3 Å². The molecule has 7 nitrogen and oxygen atoms in total. The van der Waals surface area contributed by atoms with Gasteiger partial charge in [0.05, 0.1) is 7.11 Å². The maximum absolute atomic E-state index is 12.0. The Morgan fingerprint density at radius 2 is 1.77 bits per heavy atom. The van der Waals surface area contributed by atoms with Crippen molar-refractivity contribution in [3.8, 4) is 5.75 Å². The van der Waals surface area contributed by atoms with Gasteiger partial charge >= 0.3 is 5.97 Å². The zero-order valence-electron chi connectivity index (χ0n) is 15.7. The van der Waals surface area contributed by atoms with Crippen LogP contribution in [0.5, 0.6) is 5.75 Å². The van der Waals surface area contributed by atoms with E-state index in [1.54, 1.807) is 14.2 Å². The third-order valence-electron chi connectivity index (χ3n) is 3.79. The monoisotopic (exact) mass is 364 g/mol. The number of amides is 2. The first kappa shape index (κ1) is 21.5. The van der Waals surface area contributed by atoms with E-state index >= 15 is 0 Å². The zero-order chi connectivity index (χ0) is 19.4. The number of nitrogens with one attached hydrogen (secondary N) is 1. The first-order chi connectivity index (χ1) is 12.4. The Hall–Kier alpha value is -2.57. The predicted octanol–water partition coefficient (Wildman–Crippen LogP) is 1.89. The largest absolute Gasteiger partial charge is 0.497 e. The number of ether oxygens (including phenoxy) is 2. The Labute approximate surface area is 154 Å². The highest BCUT2D eigenvalue weighted by molar-refractivity contribution is 5.80. The van der Waals surface area contributed by atoms with Gasteiger partial charge in [0.2, 0.25) is 5.91 Å². The summed E-state index contributed by atoms with van der Waals surface area (Å²) in [7, 11) is 3.27. The third-order valence-corrected chi connectivity index (χ3v) is 3.79. The molecule has 0 fully saturated rings. The van der Waals surface area contributed by atoms with E-state index < -0.39 is 0 Å². The van der Waals surface area contributed by atoms with Crippen LogP contribution in [0.3, 0.4) is 0 Å². The SMILES string of the molecule is COc1ccc(CN(C)C(=O)COC(=O)CCCCCNC(C)=O)cc1. The molecule has 0 aliphatic rings. The molecule has 0 saturated carbocycles. The first-order valence-corrected chi connectivity index (χ1v) is 8.69. The first-order valence-electron chi connectivity index (χ1n) is 8.69. The van der Waals surface area contributed by atoms with Crippen molar-refractivity contribution in [3.05, 3.63) is 29.8 Å². The number of carbonyl (C=O) groups is 3. The highest BCUT2D eigenvalue weighted by Gasteiger charge is 2.12. The Balaban J connectivity index is 2.19. The molecule has 144 valence electrons. The zero-order valence-corrected chi connectivity index (χ0v) is 15.7. The van der Waals surface area contributed by atoms with Crippen molar-refractivity contribution in [2.24, 2.45) is 0 Å². The normalized spacial score (nSPS) is 10.1. The van der Waals surface area contributed by atoms with Crippen molar-refractivity contribution in [3.63, 3.8) is 0 Å². The van der Waals surface area contributed by atoms with Crippen molar-refractivity contribution in [1.29, 1.82) is 0 Å². The molecule has 1 rings (SSSR count). The van der Waals surface area contributed by atoms with Crippen molar-refractivity contribution in [2.45, 2.75) is 39.2 Å². The maximum atomic E-state index is 12.0. The highest BCUT2D eigenvalue weighted by Crippen LogP contribution is 2.12. The number of hydrogen-bond acceptors (Lipinski definition) is 5. The number of unbranched alkanes of at least 4 members (excludes halogenated alkanes) is 2. The van der Waals surface area contributed by atoms with Gasteiger partial charge in [0.1, 0.15) is 5.75 Å². The van der Waals surface area contributed by atoms with Gasteiger partial charge in [-0.25, -0.2) is 0 Å². The van der Waals surface area contributed by atoms with Crippen LogP contribution in [-0.4, -0.2) is 50.0 Å². The molecule has 0 aliphatic heterocycles. The Bertz CT molecular complexity index is 586. The molecule has 0 bridgehead atoms. The second-order valence-electron chi connectivity index (χ2n) is 6.05. The van der Waals surface area contributed by atoms with Crippen molar-refractivity contribution in [1.82, 2.24) is 10.2 Å². The number of likely N-dealkylation sites (N-methyl/N-ethyl adjacent to an activating group) is 1. The number of esters is 1. The topological polar surface area (TPSA) is 84.9 Å². The lowest BCUT2D eigenvalue weighted by Gasteiger charge is -2.17. The summed E-state index contributed by atoms with van der Waals surface area (Å²) in [6.07, 6.45) is 2.58. The summed E-state index contributed by atoms with van der Waals surface area (Å²) >= 11 is 0. The number of benzene rings is 1. The second kappa shape index (κ2) is 11.9. The Morgan fingerprint density at radius 1 is 1.08 bits per heavy atom. The third kappa shape index (κ3) is 9.05. The summed E-state index contributed by atoms with van der Waals surface area (Å²) in [5, 5.41) is 2.70. The second-order valence-corrected chi connectivity index (χ2v) is 6.05. The molecule has 1 aromatic carbocycles. The Kier molecular flexibility index (Phi) is 9.82. The summed E-state index contributed by atoms with van der Waals surface area (Å²) in [4.78, 5) is 35.9. The molecule has 0 spiro atoms. The van der Waals surface area contributed by atoms with Crippen LogP contribution in [0.25, 0.3) is 0 Å². The van der Waals surface area contributed by atoms with E-state index in [-0.39, 0.29) is 30.8 Å². The van der Waals surface area contributed by atoms with E-state index in [9.17, 15) is 14.4 Å². The molecule has 0 heterocycles. The molecule has 0 atom stereocenters. The van der Waals surface area contributed by atoms with Crippen LogP contribution in [0.1, 0.15) is 38.2 Å². The predicted molar refractivity (Wildman–Crippen MR) is 97.6 cm³/mol. The van der Waals surface area contributed by atoms with Gasteiger partial charge in [-0.1, -0.05) is 18.6 Å². The van der Waals surface area contributed by atoms with Gasteiger partial charge in [-0.05, 0) is 30.5 Å². The lowest BCUT2D eigenvalue weighted by molar-refractivity contribution is -0.151. The van der Waals surface area contributed by atoms with Gasteiger partial charge in [-0.15, -0.1) is 0 Å². The van der Waals surface area contributed by atoms with Crippen LogP contribution >= 0.6 is 0 Å². The summed E-state index contributed by atoms with van der Waals surface area (Å²) in [6, 6.07) is 7.43. The van der Waals surface area contributed by atoms with Crippen LogP contribution in [0.2, 0.25) is 0 Å². The molecule has 1 N–H and O–H groups in total. The van der Waals surface area contributed by atoms with E-state index in [4.69, 9.17) is 9.47 Å². The number of methoxy groups -OCH3 is 1. The molecular formula is C19H28N2O5. The molecule has 26 heavy (non-hydrogen) atoms.